The molecule has 1 aliphatic carbocycles. The van der Waals surface area contributed by atoms with Crippen LogP contribution in [0.4, 0.5) is 26.3 Å². The topological polar surface area (TPSA) is 43.6 Å². The van der Waals surface area contributed by atoms with Gasteiger partial charge in [0.2, 0.25) is 0 Å². The van der Waals surface area contributed by atoms with Crippen LogP contribution in [0.3, 0.4) is 0 Å². The Kier molecular flexibility index (Phi) is 4.74. The number of benzene rings is 1. The fourth-order valence-electron chi connectivity index (χ4n) is 3.17. The summed E-state index contributed by atoms with van der Waals surface area (Å²) in [6, 6.07) is 7.51. The van der Waals surface area contributed by atoms with Crippen LogP contribution in [-0.4, -0.2) is 22.2 Å². The summed E-state index contributed by atoms with van der Waals surface area (Å²) < 4.78 is 83.4. The molecule has 4 nitrogen and oxygen atoms in total. The van der Waals surface area contributed by atoms with E-state index in [-0.39, 0.29) is 22.9 Å². The second-order valence-electron chi connectivity index (χ2n) is 7.03. The summed E-state index contributed by atoms with van der Waals surface area (Å²) in [5.41, 5.74) is -2.34. The zero-order chi connectivity index (χ0) is 21.7. The van der Waals surface area contributed by atoms with Crippen LogP contribution in [0.2, 0.25) is 0 Å². The van der Waals surface area contributed by atoms with Gasteiger partial charge in [0.05, 0.1) is 5.56 Å². The Morgan fingerprint density at radius 3 is 2.27 bits per heavy atom. The second kappa shape index (κ2) is 7.03. The van der Waals surface area contributed by atoms with Crippen LogP contribution >= 0.6 is 0 Å². The van der Waals surface area contributed by atoms with Crippen molar-refractivity contribution >= 4 is 5.65 Å². The summed E-state index contributed by atoms with van der Waals surface area (Å²) in [6.45, 7) is -1.54. The van der Waals surface area contributed by atoms with E-state index in [1.807, 2.05) is 0 Å². The number of hydrogen-bond acceptors (Lipinski definition) is 3. The van der Waals surface area contributed by atoms with Crippen LogP contribution in [0.1, 0.15) is 30.0 Å². The van der Waals surface area contributed by atoms with Gasteiger partial charge in [-0.25, -0.2) is 4.98 Å². The van der Waals surface area contributed by atoms with Crippen molar-refractivity contribution < 1.29 is 31.1 Å². The van der Waals surface area contributed by atoms with E-state index < -0.39 is 35.8 Å². The van der Waals surface area contributed by atoms with Crippen molar-refractivity contribution in [2.24, 2.45) is 0 Å². The van der Waals surface area contributed by atoms with Crippen LogP contribution in [-0.2, 0) is 6.18 Å². The predicted octanol–water partition coefficient (Wildman–Crippen LogP) is 5.20. The Balaban J connectivity index is 1.80. The highest BCUT2D eigenvalue weighted by Crippen LogP contribution is 2.40. The minimum Gasteiger partial charge on any atom is -0.484 e. The zero-order valence-electron chi connectivity index (χ0n) is 15.2. The molecule has 1 aromatic carbocycles. The number of alkyl halides is 6. The van der Waals surface area contributed by atoms with E-state index >= 15 is 0 Å². The molecule has 4 rings (SSSR count). The van der Waals surface area contributed by atoms with Gasteiger partial charge in [-0.3, -0.25) is 9.20 Å². The molecule has 0 aliphatic heterocycles. The number of halogens is 6. The van der Waals surface area contributed by atoms with Crippen molar-refractivity contribution in [1.29, 1.82) is 0 Å². The summed E-state index contributed by atoms with van der Waals surface area (Å²) in [6.07, 6.45) is -6.18. The first-order chi connectivity index (χ1) is 14.0. The molecule has 1 fully saturated rings. The number of aromatic nitrogens is 2. The van der Waals surface area contributed by atoms with Gasteiger partial charge < -0.3 is 4.74 Å². The zero-order valence-corrected chi connectivity index (χ0v) is 15.2. The first-order valence-electron chi connectivity index (χ1n) is 8.96. The molecule has 0 saturated heterocycles. The van der Waals surface area contributed by atoms with Crippen molar-refractivity contribution in [3.8, 4) is 16.9 Å². The third-order valence-corrected chi connectivity index (χ3v) is 4.72. The van der Waals surface area contributed by atoms with Crippen molar-refractivity contribution in [2.45, 2.75) is 31.1 Å². The van der Waals surface area contributed by atoms with Gasteiger partial charge in [0, 0.05) is 6.20 Å². The molecule has 2 aromatic heterocycles. The number of ether oxygens (including phenoxy) is 1. The van der Waals surface area contributed by atoms with E-state index in [0.717, 1.165) is 47.1 Å². The Morgan fingerprint density at radius 2 is 1.70 bits per heavy atom. The molecule has 1 saturated carbocycles. The first-order valence-corrected chi connectivity index (χ1v) is 8.96. The van der Waals surface area contributed by atoms with E-state index in [1.165, 1.54) is 12.3 Å². The number of nitrogens with zero attached hydrogens (tertiary/aromatic N) is 2. The predicted molar refractivity (Wildman–Crippen MR) is 95.4 cm³/mol. The summed E-state index contributed by atoms with van der Waals surface area (Å²) in [5, 5.41) is 0. The van der Waals surface area contributed by atoms with E-state index in [4.69, 9.17) is 0 Å². The molecular formula is C20H14F6N2O2. The van der Waals surface area contributed by atoms with E-state index in [2.05, 4.69) is 9.72 Å². The van der Waals surface area contributed by atoms with E-state index in [1.54, 1.807) is 6.07 Å². The quantitative estimate of drug-likeness (QED) is 0.537. The minimum atomic E-state index is -4.90. The van der Waals surface area contributed by atoms with Gasteiger partial charge in [-0.15, -0.1) is 0 Å². The molecule has 158 valence electrons. The van der Waals surface area contributed by atoms with Crippen LogP contribution in [0.25, 0.3) is 16.8 Å². The van der Waals surface area contributed by atoms with Gasteiger partial charge in [-0.05, 0) is 54.2 Å². The molecule has 0 unspecified atom stereocenters. The summed E-state index contributed by atoms with van der Waals surface area (Å²) in [5.74, 6) is 0.0812. The second-order valence-corrected chi connectivity index (χ2v) is 7.03. The maximum absolute atomic E-state index is 13.7. The van der Waals surface area contributed by atoms with Gasteiger partial charge in [-0.2, -0.15) is 26.3 Å². The standard InChI is InChI=1S/C20H14F6N2O2/c21-19(22,23)10-30-14-5-3-12(4-6-14)16-17(20(24,25)26)27-15-9-13(11-1-2-11)7-8-28(15)18(16)29/h3-9,11H,1-2,10H2. The minimum absolute atomic E-state index is 0.106. The monoisotopic (exact) mass is 428 g/mol. The smallest absolute Gasteiger partial charge is 0.434 e. The molecule has 3 aromatic rings. The van der Waals surface area contributed by atoms with Crippen LogP contribution in [0.5, 0.6) is 5.75 Å². The van der Waals surface area contributed by atoms with Crippen molar-refractivity contribution in [2.75, 3.05) is 6.61 Å². The average molecular weight is 428 g/mol. The summed E-state index contributed by atoms with van der Waals surface area (Å²) >= 11 is 0. The lowest BCUT2D eigenvalue weighted by atomic mass is 10.0. The molecule has 30 heavy (non-hydrogen) atoms. The van der Waals surface area contributed by atoms with Crippen LogP contribution < -0.4 is 10.3 Å². The maximum Gasteiger partial charge on any atom is 0.434 e. The molecule has 0 spiro atoms. The highest BCUT2D eigenvalue weighted by Gasteiger charge is 2.38. The highest BCUT2D eigenvalue weighted by atomic mass is 19.4. The third-order valence-electron chi connectivity index (χ3n) is 4.72. The Morgan fingerprint density at radius 1 is 1.03 bits per heavy atom. The number of rotatable bonds is 4. The van der Waals surface area contributed by atoms with Gasteiger partial charge in [0.1, 0.15) is 11.4 Å². The lowest BCUT2D eigenvalue weighted by Crippen LogP contribution is -2.24. The molecular weight excluding hydrogens is 414 g/mol. The molecule has 0 N–H and O–H groups in total. The van der Waals surface area contributed by atoms with E-state index in [9.17, 15) is 31.1 Å². The first kappa shape index (κ1) is 20.2. The van der Waals surface area contributed by atoms with Crippen molar-refractivity contribution in [3.63, 3.8) is 0 Å². The summed E-state index contributed by atoms with van der Waals surface area (Å²) in [7, 11) is 0. The number of pyridine rings is 1. The largest absolute Gasteiger partial charge is 0.484 e. The Bertz CT molecular complexity index is 1150. The fraction of sp³-hybridized carbons (Fsp3) is 0.300. The Hall–Kier alpha value is -3.04. The molecule has 0 radical (unpaired) electrons. The van der Waals surface area contributed by atoms with Crippen molar-refractivity contribution in [1.82, 2.24) is 9.38 Å². The third kappa shape index (κ3) is 4.12. The number of fused-ring (bicyclic) bond motifs is 1. The van der Waals surface area contributed by atoms with Crippen molar-refractivity contribution in [3.05, 3.63) is 64.2 Å². The lowest BCUT2D eigenvalue weighted by molar-refractivity contribution is -0.153. The SMILES string of the molecule is O=c1c(-c2ccc(OCC(F)(F)F)cc2)c(C(F)(F)F)nc2cc(C3CC3)ccn12. The van der Waals surface area contributed by atoms with E-state index in [0.29, 0.717) is 0 Å². The van der Waals surface area contributed by atoms with Crippen LogP contribution in [0.15, 0.2) is 47.4 Å². The molecule has 0 amide bonds. The Labute approximate surface area is 165 Å². The van der Waals surface area contributed by atoms with Gasteiger partial charge in [0.15, 0.2) is 12.3 Å². The molecule has 0 bridgehead atoms. The normalized spacial score (nSPS) is 14.9. The maximum atomic E-state index is 13.7. The van der Waals surface area contributed by atoms with Crippen LogP contribution in [0, 0.1) is 0 Å². The fourth-order valence-corrected chi connectivity index (χ4v) is 3.17. The number of hydrogen-bond donors (Lipinski definition) is 0. The molecule has 10 heteroatoms. The summed E-state index contributed by atoms with van der Waals surface area (Å²) in [4.78, 5) is 16.6. The lowest BCUT2D eigenvalue weighted by Gasteiger charge is -2.14. The highest BCUT2D eigenvalue weighted by molar-refractivity contribution is 5.68. The van der Waals surface area contributed by atoms with Gasteiger partial charge in [0.25, 0.3) is 5.56 Å². The van der Waals surface area contributed by atoms with Gasteiger partial charge in [-0.1, -0.05) is 12.1 Å². The molecule has 0 atom stereocenters. The van der Waals surface area contributed by atoms with Gasteiger partial charge >= 0.3 is 12.4 Å². The average Bonchev–Trinajstić information content (AvgIpc) is 3.50. The molecule has 1 aliphatic rings. The molecule has 2 heterocycles.